The summed E-state index contributed by atoms with van der Waals surface area (Å²) in [6.07, 6.45) is 0.951. The van der Waals surface area contributed by atoms with Crippen LogP contribution < -0.4 is 10.6 Å². The molecule has 2 aromatic carbocycles. The molecule has 0 aliphatic rings. The molecule has 22 heavy (non-hydrogen) atoms. The number of anilines is 1. The maximum Gasteiger partial charge on any atom is 0.171 e. The highest BCUT2D eigenvalue weighted by Gasteiger charge is 2.12. The first-order valence-corrected chi connectivity index (χ1v) is 8.19. The highest BCUT2D eigenvalue weighted by molar-refractivity contribution is 7.80. The summed E-state index contributed by atoms with van der Waals surface area (Å²) in [6.45, 7) is 6.40. The van der Waals surface area contributed by atoms with E-state index < -0.39 is 0 Å². The van der Waals surface area contributed by atoms with Crippen LogP contribution in [0.4, 0.5) is 5.69 Å². The second kappa shape index (κ2) is 7.61. The van der Waals surface area contributed by atoms with E-state index in [-0.39, 0.29) is 6.04 Å². The second-order valence-corrected chi connectivity index (χ2v) is 6.20. The smallest absolute Gasteiger partial charge is 0.171 e. The highest BCUT2D eigenvalue weighted by atomic mass is 35.5. The molecule has 0 amide bonds. The van der Waals surface area contributed by atoms with Gasteiger partial charge in [-0.05, 0) is 61.3 Å². The number of aryl methyl sites for hydroxylation is 2. The highest BCUT2D eigenvalue weighted by Crippen LogP contribution is 2.22. The molecule has 0 aliphatic carbocycles. The van der Waals surface area contributed by atoms with Gasteiger partial charge in [0.05, 0.1) is 16.8 Å². The Labute approximate surface area is 142 Å². The number of rotatable bonds is 4. The maximum atomic E-state index is 6.14. The van der Waals surface area contributed by atoms with Gasteiger partial charge in [0, 0.05) is 0 Å². The van der Waals surface area contributed by atoms with Crippen LogP contribution in [0.1, 0.15) is 36.1 Å². The van der Waals surface area contributed by atoms with Crippen LogP contribution in [0, 0.1) is 13.8 Å². The molecule has 2 aromatic rings. The van der Waals surface area contributed by atoms with Crippen molar-refractivity contribution in [3.05, 3.63) is 64.2 Å². The number of hydrogen-bond donors (Lipinski definition) is 2. The number of nitrogens with one attached hydrogen (secondary N) is 2. The molecule has 0 aromatic heterocycles. The fourth-order valence-corrected chi connectivity index (χ4v) is 2.72. The molecule has 1 atom stereocenters. The molecule has 0 fully saturated rings. The first kappa shape index (κ1) is 16.8. The Morgan fingerprint density at radius 1 is 1.14 bits per heavy atom. The summed E-state index contributed by atoms with van der Waals surface area (Å²) in [5.41, 5.74) is 4.66. The molecule has 0 radical (unpaired) electrons. The van der Waals surface area contributed by atoms with E-state index >= 15 is 0 Å². The fourth-order valence-electron chi connectivity index (χ4n) is 2.28. The molecule has 2 rings (SSSR count). The first-order chi connectivity index (χ1) is 10.5. The molecule has 0 aliphatic heterocycles. The fraction of sp³-hybridized carbons (Fsp3) is 0.278. The van der Waals surface area contributed by atoms with E-state index in [9.17, 15) is 0 Å². The number of thiocarbonyl (C=S) groups is 1. The van der Waals surface area contributed by atoms with Crippen LogP contribution >= 0.6 is 23.8 Å². The van der Waals surface area contributed by atoms with Crippen LogP contribution in [-0.2, 0) is 0 Å². The predicted octanol–water partition coefficient (Wildman–Crippen LogP) is 5.39. The molecule has 2 N–H and O–H groups in total. The average Bonchev–Trinajstić information content (AvgIpc) is 2.50. The number of para-hydroxylation sites is 1. The molecule has 0 saturated heterocycles. The summed E-state index contributed by atoms with van der Waals surface area (Å²) < 4.78 is 0. The molecular formula is C18H21ClN2S. The van der Waals surface area contributed by atoms with Crippen LogP contribution in [-0.4, -0.2) is 5.11 Å². The van der Waals surface area contributed by atoms with Gasteiger partial charge < -0.3 is 10.6 Å². The lowest BCUT2D eigenvalue weighted by molar-refractivity contribution is 0.628. The molecule has 0 unspecified atom stereocenters. The molecule has 0 spiro atoms. The lowest BCUT2D eigenvalue weighted by atomic mass is 9.99. The van der Waals surface area contributed by atoms with Gasteiger partial charge >= 0.3 is 0 Å². The van der Waals surface area contributed by atoms with Crippen molar-refractivity contribution in [1.29, 1.82) is 0 Å². The monoisotopic (exact) mass is 332 g/mol. The summed E-state index contributed by atoms with van der Waals surface area (Å²) in [6, 6.07) is 14.3. The van der Waals surface area contributed by atoms with E-state index in [1.807, 2.05) is 24.3 Å². The molecule has 2 nitrogen and oxygen atoms in total. The van der Waals surface area contributed by atoms with Crippen LogP contribution in [0.2, 0.25) is 5.02 Å². The van der Waals surface area contributed by atoms with Gasteiger partial charge in [0.2, 0.25) is 0 Å². The minimum Gasteiger partial charge on any atom is -0.356 e. The van der Waals surface area contributed by atoms with Gasteiger partial charge in [0.15, 0.2) is 5.11 Å². The van der Waals surface area contributed by atoms with Crippen LogP contribution in [0.3, 0.4) is 0 Å². The Morgan fingerprint density at radius 2 is 1.86 bits per heavy atom. The van der Waals surface area contributed by atoms with Gasteiger partial charge in [-0.15, -0.1) is 0 Å². The molecule has 0 saturated carbocycles. The van der Waals surface area contributed by atoms with Crippen molar-refractivity contribution in [2.45, 2.75) is 33.2 Å². The Hall–Kier alpha value is -1.58. The standard InChI is InChI=1S/C18H21ClN2S/c1-4-16(14-10-9-12(2)13(3)11-14)20-18(22)21-17-8-6-5-7-15(17)19/h5-11,16H,4H2,1-3H3,(H2,20,21,22)/t16-/m0/s1. The van der Waals surface area contributed by atoms with E-state index in [0.29, 0.717) is 10.1 Å². The van der Waals surface area contributed by atoms with Crippen molar-refractivity contribution in [1.82, 2.24) is 5.32 Å². The summed E-state index contributed by atoms with van der Waals surface area (Å²) in [5.74, 6) is 0. The number of hydrogen-bond acceptors (Lipinski definition) is 1. The Balaban J connectivity index is 2.08. The van der Waals surface area contributed by atoms with Gasteiger partial charge in [-0.3, -0.25) is 0 Å². The van der Waals surface area contributed by atoms with Gasteiger partial charge in [-0.2, -0.15) is 0 Å². The lowest BCUT2D eigenvalue weighted by Gasteiger charge is -2.21. The third kappa shape index (κ3) is 4.21. The zero-order valence-electron chi connectivity index (χ0n) is 13.1. The van der Waals surface area contributed by atoms with Gasteiger partial charge in [0.1, 0.15) is 0 Å². The van der Waals surface area contributed by atoms with Crippen molar-refractivity contribution in [3.63, 3.8) is 0 Å². The van der Waals surface area contributed by atoms with E-state index in [0.717, 1.165) is 12.1 Å². The van der Waals surface area contributed by atoms with Crippen LogP contribution in [0.15, 0.2) is 42.5 Å². The Bertz CT molecular complexity index is 670. The molecule has 4 heteroatoms. The van der Waals surface area contributed by atoms with E-state index in [2.05, 4.69) is 49.6 Å². The normalized spacial score (nSPS) is 11.8. The topological polar surface area (TPSA) is 24.1 Å². The molecule has 0 heterocycles. The third-order valence-corrected chi connectivity index (χ3v) is 4.32. The largest absolute Gasteiger partial charge is 0.356 e. The first-order valence-electron chi connectivity index (χ1n) is 7.40. The Morgan fingerprint density at radius 3 is 2.50 bits per heavy atom. The zero-order valence-corrected chi connectivity index (χ0v) is 14.7. The Kier molecular flexibility index (Phi) is 5.81. The second-order valence-electron chi connectivity index (χ2n) is 5.38. The van der Waals surface area contributed by atoms with E-state index in [1.54, 1.807) is 0 Å². The summed E-state index contributed by atoms with van der Waals surface area (Å²) >= 11 is 11.6. The van der Waals surface area contributed by atoms with Crippen molar-refractivity contribution in [3.8, 4) is 0 Å². The SMILES string of the molecule is CC[C@H](NC(=S)Nc1ccccc1Cl)c1ccc(C)c(C)c1. The van der Waals surface area contributed by atoms with Crippen molar-refractivity contribution in [2.24, 2.45) is 0 Å². The van der Waals surface area contributed by atoms with E-state index in [4.69, 9.17) is 23.8 Å². The lowest BCUT2D eigenvalue weighted by Crippen LogP contribution is -2.32. The molecule has 0 bridgehead atoms. The molecular weight excluding hydrogens is 312 g/mol. The quantitative estimate of drug-likeness (QED) is 0.733. The van der Waals surface area contributed by atoms with Crippen molar-refractivity contribution in [2.75, 3.05) is 5.32 Å². The van der Waals surface area contributed by atoms with Crippen LogP contribution in [0.25, 0.3) is 0 Å². The maximum absolute atomic E-state index is 6.14. The number of benzene rings is 2. The zero-order chi connectivity index (χ0) is 16.1. The summed E-state index contributed by atoms with van der Waals surface area (Å²) in [4.78, 5) is 0. The van der Waals surface area contributed by atoms with E-state index in [1.165, 1.54) is 16.7 Å². The molecule has 116 valence electrons. The van der Waals surface area contributed by atoms with Crippen molar-refractivity contribution >= 4 is 34.6 Å². The van der Waals surface area contributed by atoms with Crippen LogP contribution in [0.5, 0.6) is 0 Å². The predicted molar refractivity (Wildman–Crippen MR) is 99.8 cm³/mol. The average molecular weight is 333 g/mol. The van der Waals surface area contributed by atoms with Gasteiger partial charge in [-0.25, -0.2) is 0 Å². The number of halogens is 1. The third-order valence-electron chi connectivity index (χ3n) is 3.77. The van der Waals surface area contributed by atoms with Gasteiger partial charge in [0.25, 0.3) is 0 Å². The minimum absolute atomic E-state index is 0.182. The van der Waals surface area contributed by atoms with Gasteiger partial charge in [-0.1, -0.05) is 48.9 Å². The van der Waals surface area contributed by atoms with Crippen molar-refractivity contribution < 1.29 is 0 Å². The summed E-state index contributed by atoms with van der Waals surface area (Å²) in [5, 5.41) is 7.77. The minimum atomic E-state index is 0.182. The summed E-state index contributed by atoms with van der Waals surface area (Å²) in [7, 11) is 0.